The number of H-pyrrole nitrogens is 2. The number of nitrogens with one attached hydrogen (secondary N) is 2. The Morgan fingerprint density at radius 2 is 1.47 bits per heavy atom. The van der Waals surface area contributed by atoms with Crippen molar-refractivity contribution in [3.8, 4) is 5.75 Å². The average Bonchev–Trinajstić information content (AvgIpc) is 3.52. The van der Waals surface area contributed by atoms with Gasteiger partial charge in [0.1, 0.15) is 17.4 Å². The van der Waals surface area contributed by atoms with Crippen molar-refractivity contribution >= 4 is 5.91 Å². The Kier molecular flexibility index (Phi) is 9.70. The molecule has 34 heavy (non-hydrogen) atoms. The van der Waals surface area contributed by atoms with Gasteiger partial charge in [-0.2, -0.15) is 0 Å². The van der Waals surface area contributed by atoms with Gasteiger partial charge in [-0.3, -0.25) is 9.69 Å². The summed E-state index contributed by atoms with van der Waals surface area (Å²) in [5.41, 5.74) is 0.605. The molecule has 0 radical (unpaired) electrons. The number of hydrogen-bond donors (Lipinski definition) is 2. The van der Waals surface area contributed by atoms with Gasteiger partial charge in [0, 0.05) is 42.4 Å². The molecule has 0 aliphatic carbocycles. The number of aromatic amines is 2. The predicted octanol–water partition coefficient (Wildman–Crippen LogP) is 4.64. The molecule has 184 valence electrons. The summed E-state index contributed by atoms with van der Waals surface area (Å²) >= 11 is 0. The first kappa shape index (κ1) is 25.5. The lowest BCUT2D eigenvalue weighted by Crippen LogP contribution is -2.37. The van der Waals surface area contributed by atoms with Gasteiger partial charge in [-0.15, -0.1) is 0 Å². The first-order valence-corrected chi connectivity index (χ1v) is 12.2. The molecule has 0 atom stereocenters. The van der Waals surface area contributed by atoms with Crippen LogP contribution in [0.5, 0.6) is 5.75 Å². The molecule has 3 rings (SSSR count). The molecule has 3 aromatic rings. The number of hydrogen-bond acceptors (Lipinski definition) is 5. The van der Waals surface area contributed by atoms with Gasteiger partial charge in [-0.1, -0.05) is 0 Å². The van der Waals surface area contributed by atoms with Crippen LogP contribution in [0.4, 0.5) is 0 Å². The summed E-state index contributed by atoms with van der Waals surface area (Å²) in [5, 5.41) is 0. The molecule has 2 N–H and O–H groups in total. The van der Waals surface area contributed by atoms with E-state index in [0.29, 0.717) is 37.3 Å². The van der Waals surface area contributed by atoms with Crippen LogP contribution in [0.2, 0.25) is 0 Å². The number of imidazole rings is 2. The fraction of sp³-hybridized carbons (Fsp3) is 0.500. The van der Waals surface area contributed by atoms with Crippen LogP contribution in [-0.4, -0.2) is 60.9 Å². The van der Waals surface area contributed by atoms with Crippen molar-refractivity contribution in [3.63, 3.8) is 0 Å². The van der Waals surface area contributed by atoms with Crippen molar-refractivity contribution in [3.05, 3.63) is 66.3 Å². The summed E-state index contributed by atoms with van der Waals surface area (Å²) in [5.74, 6) is 2.15. The topological polar surface area (TPSA) is 90.1 Å². The Balaban J connectivity index is 1.47. The minimum atomic E-state index is -0.0841. The monoisotopic (exact) mass is 466 g/mol. The second kappa shape index (κ2) is 12.9. The molecule has 0 saturated heterocycles. The average molecular weight is 467 g/mol. The van der Waals surface area contributed by atoms with Gasteiger partial charge < -0.3 is 19.6 Å². The highest BCUT2D eigenvalue weighted by Crippen LogP contribution is 2.17. The normalized spacial score (nSPS) is 11.5. The van der Waals surface area contributed by atoms with Crippen molar-refractivity contribution in [2.24, 2.45) is 0 Å². The quantitative estimate of drug-likeness (QED) is 0.338. The summed E-state index contributed by atoms with van der Waals surface area (Å²) in [4.78, 5) is 32.1. The molecule has 2 aromatic heterocycles. The molecule has 0 saturated carbocycles. The maximum Gasteiger partial charge on any atom is 0.254 e. The van der Waals surface area contributed by atoms with Crippen LogP contribution in [0, 0.1) is 0 Å². The predicted molar refractivity (Wildman–Crippen MR) is 134 cm³/mol. The summed E-state index contributed by atoms with van der Waals surface area (Å²) in [6.45, 7) is 11.6. The standard InChI is InChI=1S/C26H38N6O2/c1-20(2)32(21(3)4)16-6-5-7-17-34-23-10-8-22(9-11-23)26(33)31(18-24-27-12-13-28-24)19-25-29-14-15-30-25/h8-15,20-21H,5-7,16-19H2,1-4H3,(H,27,28)(H,29,30). The Hall–Kier alpha value is -3.13. The van der Waals surface area contributed by atoms with E-state index in [4.69, 9.17) is 4.74 Å². The second-order valence-corrected chi connectivity index (χ2v) is 9.09. The first-order valence-electron chi connectivity index (χ1n) is 12.2. The maximum atomic E-state index is 13.2. The van der Waals surface area contributed by atoms with Crippen molar-refractivity contribution in [2.45, 2.75) is 72.1 Å². The highest BCUT2D eigenvalue weighted by atomic mass is 16.5. The molecule has 8 nitrogen and oxygen atoms in total. The number of carbonyl (C=O) groups is 1. The highest BCUT2D eigenvalue weighted by Gasteiger charge is 2.19. The van der Waals surface area contributed by atoms with E-state index in [1.165, 1.54) is 6.42 Å². The Morgan fingerprint density at radius 1 is 0.882 bits per heavy atom. The van der Waals surface area contributed by atoms with Gasteiger partial charge in [0.25, 0.3) is 5.91 Å². The molecule has 0 spiro atoms. The number of nitrogens with zero attached hydrogens (tertiary/aromatic N) is 4. The van der Waals surface area contributed by atoms with E-state index >= 15 is 0 Å². The number of benzene rings is 1. The van der Waals surface area contributed by atoms with E-state index in [2.05, 4.69) is 52.5 Å². The van der Waals surface area contributed by atoms with Crippen molar-refractivity contribution < 1.29 is 9.53 Å². The molecule has 0 aliphatic heterocycles. The Labute approximate surface area is 202 Å². The van der Waals surface area contributed by atoms with E-state index in [-0.39, 0.29) is 5.91 Å². The minimum Gasteiger partial charge on any atom is -0.494 e. The zero-order valence-corrected chi connectivity index (χ0v) is 20.8. The molecular weight excluding hydrogens is 428 g/mol. The van der Waals surface area contributed by atoms with Gasteiger partial charge in [-0.05, 0) is 77.8 Å². The van der Waals surface area contributed by atoms with Gasteiger partial charge in [-0.25, -0.2) is 9.97 Å². The lowest BCUT2D eigenvalue weighted by Gasteiger charge is -2.30. The lowest BCUT2D eigenvalue weighted by atomic mass is 10.1. The van der Waals surface area contributed by atoms with Crippen molar-refractivity contribution in [1.82, 2.24) is 29.7 Å². The Bertz CT molecular complexity index is 908. The second-order valence-electron chi connectivity index (χ2n) is 9.09. The van der Waals surface area contributed by atoms with E-state index in [1.807, 2.05) is 24.3 Å². The van der Waals surface area contributed by atoms with Crippen LogP contribution >= 0.6 is 0 Å². The van der Waals surface area contributed by atoms with Crippen LogP contribution in [0.3, 0.4) is 0 Å². The SMILES string of the molecule is CC(C)N(CCCCCOc1ccc(C(=O)N(Cc2ncc[nH]2)Cc2ncc[nH]2)cc1)C(C)C. The summed E-state index contributed by atoms with van der Waals surface area (Å²) < 4.78 is 5.91. The molecule has 2 heterocycles. The van der Waals surface area contributed by atoms with E-state index in [9.17, 15) is 4.79 Å². The summed E-state index contributed by atoms with van der Waals surface area (Å²) in [6.07, 6.45) is 10.2. The highest BCUT2D eigenvalue weighted by molar-refractivity contribution is 5.94. The van der Waals surface area contributed by atoms with E-state index in [1.54, 1.807) is 29.7 Å². The number of ether oxygens (including phenoxy) is 1. The van der Waals surface area contributed by atoms with Crippen molar-refractivity contribution in [1.29, 1.82) is 0 Å². The zero-order chi connectivity index (χ0) is 24.3. The number of unbranched alkanes of at least 4 members (excludes halogenated alkanes) is 2. The summed E-state index contributed by atoms with van der Waals surface area (Å²) in [6, 6.07) is 8.52. The number of carbonyl (C=O) groups excluding carboxylic acids is 1. The van der Waals surface area contributed by atoms with Gasteiger partial charge in [0.05, 0.1) is 19.7 Å². The number of aromatic nitrogens is 4. The molecule has 0 bridgehead atoms. The smallest absolute Gasteiger partial charge is 0.254 e. The molecule has 1 aromatic carbocycles. The number of amides is 1. The largest absolute Gasteiger partial charge is 0.494 e. The van der Waals surface area contributed by atoms with Gasteiger partial charge >= 0.3 is 0 Å². The maximum absolute atomic E-state index is 13.2. The fourth-order valence-electron chi connectivity index (χ4n) is 4.08. The van der Waals surface area contributed by atoms with Crippen LogP contribution < -0.4 is 4.74 Å². The fourth-order valence-corrected chi connectivity index (χ4v) is 4.08. The molecule has 0 fully saturated rings. The van der Waals surface area contributed by atoms with E-state index < -0.39 is 0 Å². The van der Waals surface area contributed by atoms with Crippen LogP contribution in [0.1, 0.15) is 69.0 Å². The first-order chi connectivity index (χ1) is 16.4. The molecule has 0 unspecified atom stereocenters. The third-order valence-corrected chi connectivity index (χ3v) is 5.84. The molecular formula is C26H38N6O2. The van der Waals surface area contributed by atoms with Crippen molar-refractivity contribution in [2.75, 3.05) is 13.2 Å². The minimum absolute atomic E-state index is 0.0841. The van der Waals surface area contributed by atoms with Crippen LogP contribution in [-0.2, 0) is 13.1 Å². The third kappa shape index (κ3) is 7.73. The lowest BCUT2D eigenvalue weighted by molar-refractivity contribution is 0.0721. The zero-order valence-electron chi connectivity index (χ0n) is 20.8. The molecule has 1 amide bonds. The van der Waals surface area contributed by atoms with Crippen LogP contribution in [0.25, 0.3) is 0 Å². The Morgan fingerprint density at radius 3 is 1.97 bits per heavy atom. The molecule has 8 heteroatoms. The van der Waals surface area contributed by atoms with E-state index in [0.717, 1.165) is 36.8 Å². The molecule has 0 aliphatic rings. The number of rotatable bonds is 14. The third-order valence-electron chi connectivity index (χ3n) is 5.84. The van der Waals surface area contributed by atoms with Gasteiger partial charge in [0.15, 0.2) is 0 Å². The summed E-state index contributed by atoms with van der Waals surface area (Å²) in [7, 11) is 0. The van der Waals surface area contributed by atoms with Gasteiger partial charge in [0.2, 0.25) is 0 Å². The van der Waals surface area contributed by atoms with Crippen LogP contribution in [0.15, 0.2) is 49.1 Å².